The highest BCUT2D eigenvalue weighted by Crippen LogP contribution is 2.27. The first-order chi connectivity index (χ1) is 9.83. The van der Waals surface area contributed by atoms with Crippen LogP contribution >= 0.6 is 11.8 Å². The summed E-state index contributed by atoms with van der Waals surface area (Å²) >= 11 is 2.02. The highest BCUT2D eigenvalue weighted by molar-refractivity contribution is 7.99. The van der Waals surface area contributed by atoms with Crippen molar-refractivity contribution in [2.45, 2.75) is 43.5 Å². The maximum Gasteiger partial charge on any atom is 0.124 e. The molecule has 2 rings (SSSR count). The van der Waals surface area contributed by atoms with Crippen molar-refractivity contribution in [3.63, 3.8) is 0 Å². The molecule has 2 nitrogen and oxygen atoms in total. The lowest BCUT2D eigenvalue weighted by Crippen LogP contribution is -2.33. The molecule has 1 aromatic rings. The van der Waals surface area contributed by atoms with Crippen LogP contribution in [0.3, 0.4) is 0 Å². The van der Waals surface area contributed by atoms with E-state index in [0.717, 1.165) is 17.5 Å². The molecule has 0 atom stereocenters. The molecule has 3 heteroatoms. The predicted molar refractivity (Wildman–Crippen MR) is 88.5 cm³/mol. The van der Waals surface area contributed by atoms with Crippen molar-refractivity contribution in [3.05, 3.63) is 42.5 Å². The van der Waals surface area contributed by atoms with Gasteiger partial charge in [0.05, 0.1) is 0 Å². The van der Waals surface area contributed by atoms with Crippen molar-refractivity contribution in [1.82, 2.24) is 5.32 Å². The van der Waals surface area contributed by atoms with Gasteiger partial charge in [0.25, 0.3) is 0 Å². The Kier molecular flexibility index (Phi) is 6.48. The lowest BCUT2D eigenvalue weighted by atomic mass is 9.95. The molecule has 1 N–H and O–H groups in total. The fraction of sp³-hybridized carbons (Fsp3) is 0.529. The molecule has 0 saturated heterocycles. The first-order valence-electron chi connectivity index (χ1n) is 7.41. The summed E-state index contributed by atoms with van der Waals surface area (Å²) in [5.41, 5.74) is 1.24. The van der Waals surface area contributed by atoms with E-state index >= 15 is 0 Å². The van der Waals surface area contributed by atoms with Gasteiger partial charge in [-0.3, -0.25) is 0 Å². The smallest absolute Gasteiger partial charge is 0.124 e. The minimum absolute atomic E-state index is 0.565. The number of hydrogen-bond donors (Lipinski definition) is 1. The van der Waals surface area contributed by atoms with Crippen LogP contribution in [0.5, 0.6) is 5.75 Å². The highest BCUT2D eigenvalue weighted by atomic mass is 32.2. The molecule has 0 aromatic heterocycles. The highest BCUT2D eigenvalue weighted by Gasteiger charge is 2.20. The van der Waals surface area contributed by atoms with E-state index in [1.54, 1.807) is 6.08 Å². The largest absolute Gasteiger partial charge is 0.489 e. The number of nitrogens with one attached hydrogen (secondary N) is 1. The average molecular weight is 291 g/mol. The van der Waals surface area contributed by atoms with Gasteiger partial charge in [-0.25, -0.2) is 0 Å². The van der Waals surface area contributed by atoms with Crippen molar-refractivity contribution >= 4 is 11.8 Å². The number of benzene rings is 1. The fourth-order valence-corrected chi connectivity index (χ4v) is 3.44. The molecule has 1 aromatic carbocycles. The van der Waals surface area contributed by atoms with Crippen LogP contribution in [0.4, 0.5) is 0 Å². The maximum absolute atomic E-state index is 5.70. The second-order valence-corrected chi connectivity index (χ2v) is 6.44. The second kappa shape index (κ2) is 8.38. The Hall–Kier alpha value is -0.930. The summed E-state index contributed by atoms with van der Waals surface area (Å²) in [7, 11) is 0. The van der Waals surface area contributed by atoms with Gasteiger partial charge in [-0.1, -0.05) is 30.9 Å². The van der Waals surface area contributed by atoms with Crippen LogP contribution in [0.2, 0.25) is 0 Å². The third-order valence-corrected chi connectivity index (χ3v) is 5.06. The number of rotatable bonds is 7. The van der Waals surface area contributed by atoms with E-state index < -0.39 is 0 Å². The lowest BCUT2D eigenvalue weighted by Gasteiger charge is -2.28. The molecule has 1 aliphatic carbocycles. The summed E-state index contributed by atoms with van der Waals surface area (Å²) in [5.74, 6) is 0.970. The molecule has 0 aliphatic heterocycles. The molecular weight excluding hydrogens is 266 g/mol. The Labute approximate surface area is 127 Å². The summed E-state index contributed by atoms with van der Waals surface area (Å²) in [5, 5.41) is 4.56. The molecule has 0 heterocycles. The molecule has 1 aliphatic rings. The molecule has 0 spiro atoms. The van der Waals surface area contributed by atoms with Gasteiger partial charge in [0.15, 0.2) is 0 Å². The number of thioether (sulfide) groups is 1. The fourth-order valence-electron chi connectivity index (χ4n) is 2.70. The predicted octanol–water partition coefficient (Wildman–Crippen LogP) is 4.02. The van der Waals surface area contributed by atoms with Gasteiger partial charge in [0.2, 0.25) is 0 Å². The van der Waals surface area contributed by atoms with Crippen LogP contribution in [0.25, 0.3) is 0 Å². The van der Waals surface area contributed by atoms with Crippen molar-refractivity contribution in [2.24, 2.45) is 0 Å². The molecule has 0 radical (unpaired) electrons. The topological polar surface area (TPSA) is 21.3 Å². The van der Waals surface area contributed by atoms with Gasteiger partial charge in [-0.05, 0) is 38.0 Å². The summed E-state index contributed by atoms with van der Waals surface area (Å²) < 4.78 is 5.70. The molecule has 0 unspecified atom stereocenters. The van der Waals surface area contributed by atoms with E-state index in [4.69, 9.17) is 4.74 Å². The molecule has 0 amide bonds. The quantitative estimate of drug-likeness (QED) is 0.767. The molecular formula is C17H25NOS. The van der Waals surface area contributed by atoms with E-state index in [1.165, 1.54) is 31.2 Å². The zero-order chi connectivity index (χ0) is 14.2. The van der Waals surface area contributed by atoms with Gasteiger partial charge >= 0.3 is 0 Å². The number of ether oxygens (including phenoxy) is 1. The van der Waals surface area contributed by atoms with E-state index in [2.05, 4.69) is 30.3 Å². The summed E-state index contributed by atoms with van der Waals surface area (Å²) in [6.45, 7) is 5.15. The number of para-hydroxylation sites is 1. The molecule has 20 heavy (non-hydrogen) atoms. The zero-order valence-electron chi connectivity index (χ0n) is 12.3. The molecule has 110 valence electrons. The Morgan fingerprint density at radius 2 is 2.05 bits per heavy atom. The number of hydrogen-bond acceptors (Lipinski definition) is 3. The van der Waals surface area contributed by atoms with E-state index in [-0.39, 0.29) is 0 Å². The molecule has 1 fully saturated rings. The van der Waals surface area contributed by atoms with E-state index in [9.17, 15) is 0 Å². The Balaban J connectivity index is 1.83. The van der Waals surface area contributed by atoms with Crippen LogP contribution in [0.1, 0.15) is 31.2 Å². The van der Waals surface area contributed by atoms with Crippen molar-refractivity contribution in [3.8, 4) is 5.75 Å². The van der Waals surface area contributed by atoms with Gasteiger partial charge in [-0.15, -0.1) is 0 Å². The van der Waals surface area contributed by atoms with Crippen LogP contribution in [0.15, 0.2) is 36.9 Å². The average Bonchev–Trinajstić information content (AvgIpc) is 2.52. The second-order valence-electron chi connectivity index (χ2n) is 5.30. The molecule has 0 bridgehead atoms. The Morgan fingerprint density at radius 1 is 1.30 bits per heavy atom. The van der Waals surface area contributed by atoms with Crippen LogP contribution in [-0.2, 0) is 6.54 Å². The van der Waals surface area contributed by atoms with Gasteiger partial charge in [0, 0.05) is 23.4 Å². The maximum atomic E-state index is 5.70. The molecule has 1 saturated carbocycles. The van der Waals surface area contributed by atoms with Crippen LogP contribution < -0.4 is 10.1 Å². The lowest BCUT2D eigenvalue weighted by molar-refractivity contribution is 0.349. The Morgan fingerprint density at radius 3 is 2.75 bits per heavy atom. The van der Waals surface area contributed by atoms with Crippen molar-refractivity contribution in [2.75, 3.05) is 12.9 Å². The zero-order valence-corrected chi connectivity index (χ0v) is 13.1. The van der Waals surface area contributed by atoms with Crippen molar-refractivity contribution in [1.29, 1.82) is 0 Å². The van der Waals surface area contributed by atoms with Crippen LogP contribution in [-0.4, -0.2) is 24.2 Å². The normalized spacial score (nSPS) is 22.4. The van der Waals surface area contributed by atoms with E-state index in [0.29, 0.717) is 12.6 Å². The summed E-state index contributed by atoms with van der Waals surface area (Å²) in [4.78, 5) is 0. The third-order valence-electron chi connectivity index (χ3n) is 3.92. The van der Waals surface area contributed by atoms with Gasteiger partial charge in [-0.2, -0.15) is 11.8 Å². The monoisotopic (exact) mass is 291 g/mol. The minimum Gasteiger partial charge on any atom is -0.489 e. The standard InChI is InChI=1S/C17H25NOS/c1-3-12-19-17-7-5-4-6-14(17)13-18-15-8-10-16(20-2)11-9-15/h3-7,15-16,18H,1,8-13H2,2H3. The Bertz CT molecular complexity index is 413. The van der Waals surface area contributed by atoms with Gasteiger partial charge in [0.1, 0.15) is 12.4 Å². The first kappa shape index (κ1) is 15.5. The van der Waals surface area contributed by atoms with E-state index in [1.807, 2.05) is 23.9 Å². The summed E-state index contributed by atoms with van der Waals surface area (Å²) in [6, 6.07) is 8.92. The summed E-state index contributed by atoms with van der Waals surface area (Å²) in [6.07, 6.45) is 9.28. The SMILES string of the molecule is C=CCOc1ccccc1CNC1CCC(SC)CC1. The van der Waals surface area contributed by atoms with Crippen LogP contribution in [0, 0.1) is 0 Å². The third kappa shape index (κ3) is 4.57. The van der Waals surface area contributed by atoms with Crippen molar-refractivity contribution < 1.29 is 4.74 Å². The minimum atomic E-state index is 0.565. The van der Waals surface area contributed by atoms with Gasteiger partial charge < -0.3 is 10.1 Å². The first-order valence-corrected chi connectivity index (χ1v) is 8.70.